The first kappa shape index (κ1) is 23.6. The highest BCUT2D eigenvalue weighted by atomic mass is 19.4. The summed E-state index contributed by atoms with van der Waals surface area (Å²) in [6.45, 7) is 2.08. The quantitative estimate of drug-likeness (QED) is 0.556. The summed E-state index contributed by atoms with van der Waals surface area (Å²) in [5.41, 5.74) is 3.66. The summed E-state index contributed by atoms with van der Waals surface area (Å²) >= 11 is 0. The second-order valence-electron chi connectivity index (χ2n) is 10.1. The van der Waals surface area contributed by atoms with Crippen molar-refractivity contribution in [3.8, 4) is 0 Å². The second kappa shape index (κ2) is 8.99. The lowest BCUT2D eigenvalue weighted by Crippen LogP contribution is -2.55. The maximum Gasteiger partial charge on any atom is 0.416 e. The van der Waals surface area contributed by atoms with Gasteiger partial charge in [0.2, 0.25) is 11.8 Å². The summed E-state index contributed by atoms with van der Waals surface area (Å²) in [7, 11) is 0. The minimum absolute atomic E-state index is 0.00130. The average Bonchev–Trinajstić information content (AvgIpc) is 2.74. The topological polar surface area (TPSA) is 87.3 Å². The van der Waals surface area contributed by atoms with Crippen molar-refractivity contribution in [3.63, 3.8) is 0 Å². The van der Waals surface area contributed by atoms with Crippen molar-refractivity contribution < 1.29 is 27.6 Å². The number of halogens is 3. The zero-order chi connectivity index (χ0) is 23.8. The van der Waals surface area contributed by atoms with Crippen LogP contribution in [0, 0.1) is 23.2 Å². The fourth-order valence-corrected chi connectivity index (χ4v) is 6.47. The molecule has 0 heterocycles. The molecule has 0 saturated heterocycles. The van der Waals surface area contributed by atoms with Gasteiger partial charge < -0.3 is 5.32 Å². The van der Waals surface area contributed by atoms with Gasteiger partial charge in [0.15, 0.2) is 0 Å². The third kappa shape index (κ3) is 5.33. The number of rotatable bonds is 6. The summed E-state index contributed by atoms with van der Waals surface area (Å²) in [5, 5.41) is 3.10. The first-order chi connectivity index (χ1) is 15.5. The molecular formula is C24H30F3N3O3. The highest BCUT2D eigenvalue weighted by Crippen LogP contribution is 2.61. The maximum atomic E-state index is 12.6. The Morgan fingerprint density at radius 1 is 0.909 bits per heavy atom. The molecule has 4 saturated carbocycles. The van der Waals surface area contributed by atoms with E-state index >= 15 is 0 Å². The van der Waals surface area contributed by atoms with E-state index in [0.717, 1.165) is 42.0 Å². The van der Waals surface area contributed by atoms with Gasteiger partial charge in [-0.1, -0.05) is 0 Å². The monoisotopic (exact) mass is 465 g/mol. The molecule has 0 radical (unpaired) electrons. The molecule has 3 amide bonds. The highest BCUT2D eigenvalue weighted by Gasteiger charge is 2.53. The van der Waals surface area contributed by atoms with Crippen LogP contribution in [0.2, 0.25) is 0 Å². The average molecular weight is 466 g/mol. The lowest BCUT2D eigenvalue weighted by molar-refractivity contribution is -0.137. The molecule has 1 aromatic carbocycles. The van der Waals surface area contributed by atoms with Gasteiger partial charge in [0.05, 0.1) is 5.56 Å². The predicted octanol–water partition coefficient (Wildman–Crippen LogP) is 3.97. The normalized spacial score (nSPS) is 28.8. The molecule has 180 valence electrons. The molecule has 1 aromatic rings. The lowest BCUT2D eigenvalue weighted by atomic mass is 9.48. The molecule has 0 aliphatic heterocycles. The lowest BCUT2D eigenvalue weighted by Gasteiger charge is -2.59. The van der Waals surface area contributed by atoms with Gasteiger partial charge in [-0.3, -0.25) is 25.2 Å². The maximum absolute atomic E-state index is 12.6. The molecule has 0 spiro atoms. The van der Waals surface area contributed by atoms with Gasteiger partial charge >= 0.3 is 6.18 Å². The number of benzene rings is 1. The minimum Gasteiger partial charge on any atom is -0.353 e. The third-order valence-electron chi connectivity index (χ3n) is 7.75. The number of hydrogen-bond donors (Lipinski definition) is 3. The van der Waals surface area contributed by atoms with Crippen LogP contribution in [0.25, 0.3) is 0 Å². The largest absolute Gasteiger partial charge is 0.416 e. The summed E-state index contributed by atoms with van der Waals surface area (Å²) in [4.78, 5) is 36.5. The Balaban J connectivity index is 1.19. The zero-order valence-corrected chi connectivity index (χ0v) is 18.6. The smallest absolute Gasteiger partial charge is 0.353 e. The van der Waals surface area contributed by atoms with E-state index in [4.69, 9.17) is 0 Å². The van der Waals surface area contributed by atoms with Crippen LogP contribution < -0.4 is 16.2 Å². The molecule has 4 aliphatic rings. The van der Waals surface area contributed by atoms with E-state index in [1.807, 2.05) is 0 Å². The Morgan fingerprint density at radius 2 is 1.42 bits per heavy atom. The molecular weight excluding hydrogens is 435 g/mol. The van der Waals surface area contributed by atoms with Crippen LogP contribution in [0.3, 0.4) is 0 Å². The van der Waals surface area contributed by atoms with Crippen LogP contribution in [-0.2, 0) is 15.8 Å². The van der Waals surface area contributed by atoms with Crippen LogP contribution in [0.4, 0.5) is 13.2 Å². The molecule has 4 aliphatic carbocycles. The molecule has 4 fully saturated rings. The number of amides is 3. The number of hydrazine groups is 1. The van der Waals surface area contributed by atoms with Crippen molar-refractivity contribution >= 4 is 17.7 Å². The number of carbonyl (C=O) groups excluding carboxylic acids is 3. The summed E-state index contributed by atoms with van der Waals surface area (Å²) in [6.07, 6.45) is 2.93. The Kier molecular flexibility index (Phi) is 6.42. The fourth-order valence-electron chi connectivity index (χ4n) is 6.47. The van der Waals surface area contributed by atoms with Gasteiger partial charge in [-0.05, 0) is 92.9 Å². The van der Waals surface area contributed by atoms with E-state index in [-0.39, 0.29) is 35.8 Å². The standard InChI is InChI=1S/C24H30F3N3O3/c1-14(23-11-15-8-16(12-23)10-17(9-15)13-23)28-20(31)6-7-21(32)29-30-22(33)18-2-4-19(5-3-18)24(25,26)27/h2-5,14-17H,6-13H2,1H3,(H,28,31)(H,29,32)(H,30,33)/t14-,15?,16?,17?,23?/m1/s1. The molecule has 9 heteroatoms. The predicted molar refractivity (Wildman–Crippen MR) is 114 cm³/mol. The van der Waals surface area contributed by atoms with E-state index < -0.39 is 23.6 Å². The molecule has 5 rings (SSSR count). The molecule has 6 nitrogen and oxygen atoms in total. The van der Waals surface area contributed by atoms with Gasteiger partial charge in [-0.25, -0.2) is 0 Å². The molecule has 33 heavy (non-hydrogen) atoms. The van der Waals surface area contributed by atoms with Gasteiger partial charge in [-0.15, -0.1) is 0 Å². The molecule has 1 atom stereocenters. The van der Waals surface area contributed by atoms with Crippen LogP contribution >= 0.6 is 0 Å². The van der Waals surface area contributed by atoms with Crippen LogP contribution in [-0.4, -0.2) is 23.8 Å². The number of carbonyl (C=O) groups is 3. The zero-order valence-electron chi connectivity index (χ0n) is 18.6. The fraction of sp³-hybridized carbons (Fsp3) is 0.625. The number of alkyl halides is 3. The number of nitrogens with one attached hydrogen (secondary N) is 3. The van der Waals surface area contributed by atoms with Crippen molar-refractivity contribution in [1.82, 2.24) is 16.2 Å². The Hall–Kier alpha value is -2.58. The van der Waals surface area contributed by atoms with E-state index in [1.165, 1.54) is 38.5 Å². The SMILES string of the molecule is C[C@@H](NC(=O)CCC(=O)NNC(=O)c1ccc(C(F)(F)F)cc1)C12CC3CC(CC(C3)C1)C2. The van der Waals surface area contributed by atoms with Crippen molar-refractivity contribution in [3.05, 3.63) is 35.4 Å². The van der Waals surface area contributed by atoms with Crippen LogP contribution in [0.15, 0.2) is 24.3 Å². The number of hydrogen-bond acceptors (Lipinski definition) is 3. The first-order valence-electron chi connectivity index (χ1n) is 11.6. The highest BCUT2D eigenvalue weighted by molar-refractivity contribution is 5.95. The van der Waals surface area contributed by atoms with Crippen molar-refractivity contribution in [1.29, 1.82) is 0 Å². The summed E-state index contributed by atoms with van der Waals surface area (Å²) in [5.74, 6) is 0.881. The van der Waals surface area contributed by atoms with E-state index in [2.05, 4.69) is 23.1 Å². The van der Waals surface area contributed by atoms with E-state index in [1.54, 1.807) is 0 Å². The Labute approximate surface area is 191 Å². The molecule has 3 N–H and O–H groups in total. The van der Waals surface area contributed by atoms with Crippen LogP contribution in [0.1, 0.15) is 74.2 Å². The van der Waals surface area contributed by atoms with Gasteiger partial charge in [0.25, 0.3) is 5.91 Å². The van der Waals surface area contributed by atoms with Crippen molar-refractivity contribution in [2.24, 2.45) is 23.2 Å². The van der Waals surface area contributed by atoms with Gasteiger partial charge in [0.1, 0.15) is 0 Å². The summed E-state index contributed by atoms with van der Waals surface area (Å²) in [6, 6.07) is 3.73. The Bertz CT molecular complexity index is 878. The Morgan fingerprint density at radius 3 is 1.94 bits per heavy atom. The first-order valence-corrected chi connectivity index (χ1v) is 11.6. The van der Waals surface area contributed by atoms with Gasteiger partial charge in [-0.2, -0.15) is 13.2 Å². The second-order valence-corrected chi connectivity index (χ2v) is 10.1. The summed E-state index contributed by atoms with van der Waals surface area (Å²) < 4.78 is 37.8. The van der Waals surface area contributed by atoms with Gasteiger partial charge in [0, 0.05) is 24.4 Å². The molecule has 4 bridgehead atoms. The molecule has 0 aromatic heterocycles. The third-order valence-corrected chi connectivity index (χ3v) is 7.75. The van der Waals surface area contributed by atoms with E-state index in [0.29, 0.717) is 0 Å². The van der Waals surface area contributed by atoms with Crippen LogP contribution in [0.5, 0.6) is 0 Å². The van der Waals surface area contributed by atoms with Crippen molar-refractivity contribution in [2.45, 2.75) is 70.5 Å². The van der Waals surface area contributed by atoms with E-state index in [9.17, 15) is 27.6 Å². The van der Waals surface area contributed by atoms with Crippen molar-refractivity contribution in [2.75, 3.05) is 0 Å². The molecule has 0 unspecified atom stereocenters. The minimum atomic E-state index is -4.49.